The van der Waals surface area contributed by atoms with E-state index in [1.165, 1.54) is 25.8 Å². The molecule has 1 heterocycles. The molecule has 2 aromatic carbocycles. The van der Waals surface area contributed by atoms with E-state index in [0.717, 1.165) is 18.5 Å². The Balaban J connectivity index is 0.00000243. The molecular formula is C18H23ClN2O4S. The standard InChI is InChI=1S/C18H22N2O4S.ClH/c1-23-14-7-8-17(24-2)18(11-14)25(21,22)20-12-16-15-6-4-3-5-13(15)9-10-19-16;/h3-8,11,16,19-20H,9-10,12H2,1-2H3;1H. The average molecular weight is 399 g/mol. The molecule has 3 rings (SSSR count). The molecule has 2 N–H and O–H groups in total. The summed E-state index contributed by atoms with van der Waals surface area (Å²) in [5.74, 6) is 0.743. The second-order valence-electron chi connectivity index (χ2n) is 5.82. The molecule has 2 aromatic rings. The van der Waals surface area contributed by atoms with Gasteiger partial charge >= 0.3 is 0 Å². The molecule has 1 unspecified atom stereocenters. The lowest BCUT2D eigenvalue weighted by Crippen LogP contribution is -2.38. The van der Waals surface area contributed by atoms with E-state index in [2.05, 4.69) is 16.1 Å². The van der Waals surface area contributed by atoms with Crippen LogP contribution in [0.5, 0.6) is 11.5 Å². The van der Waals surface area contributed by atoms with Crippen molar-refractivity contribution in [2.24, 2.45) is 0 Å². The Morgan fingerprint density at radius 1 is 1.15 bits per heavy atom. The Kier molecular flexibility index (Phi) is 6.88. The predicted molar refractivity (Wildman–Crippen MR) is 103 cm³/mol. The number of ether oxygens (including phenoxy) is 2. The number of rotatable bonds is 6. The van der Waals surface area contributed by atoms with Gasteiger partial charge < -0.3 is 14.8 Å². The van der Waals surface area contributed by atoms with Gasteiger partial charge in [0, 0.05) is 18.7 Å². The molecule has 0 radical (unpaired) electrons. The molecule has 0 saturated carbocycles. The SMILES string of the molecule is COc1ccc(OC)c(S(=O)(=O)NCC2NCCc3ccccc32)c1.Cl. The maximum absolute atomic E-state index is 12.8. The summed E-state index contributed by atoms with van der Waals surface area (Å²) in [6.07, 6.45) is 0.948. The van der Waals surface area contributed by atoms with Crippen LogP contribution in [-0.4, -0.2) is 35.7 Å². The predicted octanol–water partition coefficient (Wildman–Crippen LogP) is 2.29. The molecule has 0 spiro atoms. The fourth-order valence-electron chi connectivity index (χ4n) is 3.04. The maximum Gasteiger partial charge on any atom is 0.244 e. The van der Waals surface area contributed by atoms with Crippen molar-refractivity contribution in [1.82, 2.24) is 10.0 Å². The van der Waals surface area contributed by atoms with E-state index in [0.29, 0.717) is 5.75 Å². The number of hydrogen-bond donors (Lipinski definition) is 2. The van der Waals surface area contributed by atoms with E-state index >= 15 is 0 Å². The first-order chi connectivity index (χ1) is 12.0. The Labute approximate surface area is 160 Å². The molecule has 1 aliphatic heterocycles. The highest BCUT2D eigenvalue weighted by molar-refractivity contribution is 7.89. The summed E-state index contributed by atoms with van der Waals surface area (Å²) in [6.45, 7) is 1.09. The minimum Gasteiger partial charge on any atom is -0.497 e. The molecule has 0 saturated heterocycles. The van der Waals surface area contributed by atoms with Crippen LogP contribution in [0.3, 0.4) is 0 Å². The quantitative estimate of drug-likeness (QED) is 0.780. The van der Waals surface area contributed by atoms with Gasteiger partial charge in [-0.15, -0.1) is 12.4 Å². The maximum atomic E-state index is 12.8. The number of sulfonamides is 1. The summed E-state index contributed by atoms with van der Waals surface area (Å²) >= 11 is 0. The highest BCUT2D eigenvalue weighted by Crippen LogP contribution is 2.28. The second-order valence-corrected chi connectivity index (χ2v) is 7.56. The smallest absolute Gasteiger partial charge is 0.244 e. The van der Waals surface area contributed by atoms with Gasteiger partial charge in [-0.3, -0.25) is 0 Å². The van der Waals surface area contributed by atoms with E-state index < -0.39 is 10.0 Å². The van der Waals surface area contributed by atoms with Crippen LogP contribution in [0.15, 0.2) is 47.4 Å². The van der Waals surface area contributed by atoms with E-state index in [-0.39, 0.29) is 35.6 Å². The van der Waals surface area contributed by atoms with Crippen LogP contribution in [0.25, 0.3) is 0 Å². The zero-order chi connectivity index (χ0) is 17.9. The molecule has 1 aliphatic rings. The zero-order valence-electron chi connectivity index (χ0n) is 14.7. The lowest BCUT2D eigenvalue weighted by Gasteiger charge is -2.27. The summed E-state index contributed by atoms with van der Waals surface area (Å²) in [5.41, 5.74) is 2.39. The first-order valence-corrected chi connectivity index (χ1v) is 9.56. The topological polar surface area (TPSA) is 76.7 Å². The van der Waals surface area contributed by atoms with Crippen molar-refractivity contribution >= 4 is 22.4 Å². The van der Waals surface area contributed by atoms with Gasteiger partial charge in [0.15, 0.2) is 0 Å². The van der Waals surface area contributed by atoms with Gasteiger partial charge in [0.1, 0.15) is 16.4 Å². The van der Waals surface area contributed by atoms with Gasteiger partial charge in [0.05, 0.1) is 14.2 Å². The van der Waals surface area contributed by atoms with Crippen molar-refractivity contribution < 1.29 is 17.9 Å². The number of nitrogens with one attached hydrogen (secondary N) is 2. The minimum absolute atomic E-state index is 0. The van der Waals surface area contributed by atoms with Gasteiger partial charge in [-0.25, -0.2) is 13.1 Å². The summed E-state index contributed by atoms with van der Waals surface area (Å²) in [4.78, 5) is 0.0680. The fourth-order valence-corrected chi connectivity index (χ4v) is 4.27. The molecular weight excluding hydrogens is 376 g/mol. The van der Waals surface area contributed by atoms with Crippen molar-refractivity contribution in [2.75, 3.05) is 27.3 Å². The van der Waals surface area contributed by atoms with Crippen LogP contribution >= 0.6 is 12.4 Å². The summed E-state index contributed by atoms with van der Waals surface area (Å²) < 4.78 is 38.5. The van der Waals surface area contributed by atoms with Crippen LogP contribution < -0.4 is 19.5 Å². The van der Waals surface area contributed by atoms with Crippen molar-refractivity contribution in [2.45, 2.75) is 17.4 Å². The van der Waals surface area contributed by atoms with Gasteiger partial charge in [-0.2, -0.15) is 0 Å². The van der Waals surface area contributed by atoms with Crippen LogP contribution in [0.4, 0.5) is 0 Å². The van der Waals surface area contributed by atoms with Crippen molar-refractivity contribution in [3.63, 3.8) is 0 Å². The number of methoxy groups -OCH3 is 2. The van der Waals surface area contributed by atoms with Gasteiger partial charge in [0.25, 0.3) is 0 Å². The fraction of sp³-hybridized carbons (Fsp3) is 0.333. The first kappa shape index (κ1) is 20.5. The molecule has 0 bridgehead atoms. The third-order valence-corrected chi connectivity index (χ3v) is 5.80. The van der Waals surface area contributed by atoms with Gasteiger partial charge in [0.2, 0.25) is 10.0 Å². The summed E-state index contributed by atoms with van der Waals surface area (Å²) in [5, 5.41) is 3.37. The van der Waals surface area contributed by atoms with Crippen molar-refractivity contribution in [1.29, 1.82) is 0 Å². The van der Waals surface area contributed by atoms with Crippen LogP contribution in [0.2, 0.25) is 0 Å². The molecule has 0 fully saturated rings. The number of fused-ring (bicyclic) bond motifs is 1. The molecule has 0 aromatic heterocycles. The molecule has 8 heteroatoms. The monoisotopic (exact) mass is 398 g/mol. The van der Waals surface area contributed by atoms with E-state index in [4.69, 9.17) is 9.47 Å². The normalized spacial score (nSPS) is 16.3. The lowest BCUT2D eigenvalue weighted by atomic mass is 9.95. The highest BCUT2D eigenvalue weighted by Gasteiger charge is 2.24. The third-order valence-electron chi connectivity index (χ3n) is 4.35. The Hall–Kier alpha value is -1.80. The van der Waals surface area contributed by atoms with E-state index in [1.54, 1.807) is 12.1 Å². The summed E-state index contributed by atoms with van der Waals surface area (Å²) in [6, 6.07) is 12.7. The molecule has 6 nitrogen and oxygen atoms in total. The first-order valence-electron chi connectivity index (χ1n) is 8.08. The number of hydrogen-bond acceptors (Lipinski definition) is 5. The molecule has 1 atom stereocenters. The highest BCUT2D eigenvalue weighted by atomic mass is 35.5. The Morgan fingerprint density at radius 3 is 2.65 bits per heavy atom. The van der Waals surface area contributed by atoms with Gasteiger partial charge in [-0.05, 0) is 36.2 Å². The van der Waals surface area contributed by atoms with Crippen LogP contribution in [0, 0.1) is 0 Å². The number of halogens is 1. The molecule has 0 aliphatic carbocycles. The van der Waals surface area contributed by atoms with Crippen LogP contribution in [0.1, 0.15) is 17.2 Å². The average Bonchev–Trinajstić information content (AvgIpc) is 2.65. The largest absolute Gasteiger partial charge is 0.497 e. The zero-order valence-corrected chi connectivity index (χ0v) is 16.3. The minimum atomic E-state index is -3.73. The lowest BCUT2D eigenvalue weighted by molar-refractivity contribution is 0.391. The van der Waals surface area contributed by atoms with E-state index in [9.17, 15) is 8.42 Å². The second kappa shape index (κ2) is 8.73. The van der Waals surface area contributed by atoms with Gasteiger partial charge in [-0.1, -0.05) is 24.3 Å². The van der Waals surface area contributed by atoms with Crippen molar-refractivity contribution in [3.8, 4) is 11.5 Å². The molecule has 26 heavy (non-hydrogen) atoms. The third kappa shape index (κ3) is 4.29. The van der Waals surface area contributed by atoms with E-state index in [1.807, 2.05) is 18.2 Å². The Morgan fingerprint density at radius 2 is 1.92 bits per heavy atom. The molecule has 142 valence electrons. The molecule has 0 amide bonds. The van der Waals surface area contributed by atoms with Crippen LogP contribution in [-0.2, 0) is 16.4 Å². The van der Waals surface area contributed by atoms with Crippen molar-refractivity contribution in [3.05, 3.63) is 53.6 Å². The Bertz CT molecular complexity index is 858. The number of benzene rings is 2. The summed E-state index contributed by atoms with van der Waals surface area (Å²) in [7, 11) is -0.794.